The molecule has 0 spiro atoms. The van der Waals surface area contributed by atoms with Gasteiger partial charge in [-0.05, 0) is 11.8 Å². The zero-order valence-corrected chi connectivity index (χ0v) is 7.98. The summed E-state index contributed by atoms with van der Waals surface area (Å²) in [7, 11) is 0. The van der Waals surface area contributed by atoms with Crippen LogP contribution in [0.3, 0.4) is 0 Å². The van der Waals surface area contributed by atoms with E-state index in [0.717, 1.165) is 11.8 Å². The van der Waals surface area contributed by atoms with Gasteiger partial charge >= 0.3 is 0 Å². The first kappa shape index (κ1) is 10.0. The van der Waals surface area contributed by atoms with Gasteiger partial charge in [0.1, 0.15) is 0 Å². The molecular weight excluding hydrogens is 120 g/mol. The van der Waals surface area contributed by atoms with Crippen LogP contribution in [0.2, 0.25) is 0 Å². The quantitative estimate of drug-likeness (QED) is 0.482. The standard InChI is InChI=1S/C8H16.C2H6/c1-7-5-3-4-6-8(7)2;1-2/h7-8H,3-6H2,1-2H3;1-2H3/t7-,8-;/m0./s1. The van der Waals surface area contributed by atoms with Gasteiger partial charge in [0.05, 0.1) is 0 Å². The summed E-state index contributed by atoms with van der Waals surface area (Å²) in [5, 5.41) is 0. The van der Waals surface area contributed by atoms with Crippen LogP contribution in [0.4, 0.5) is 0 Å². The molecule has 1 rings (SSSR count). The lowest BCUT2D eigenvalue weighted by molar-refractivity contribution is 0.277. The Labute approximate surface area is 66.0 Å². The van der Waals surface area contributed by atoms with E-state index in [2.05, 4.69) is 13.8 Å². The van der Waals surface area contributed by atoms with Gasteiger partial charge in [0, 0.05) is 0 Å². The molecular formula is C10H22. The third kappa shape index (κ3) is 3.24. The summed E-state index contributed by atoms with van der Waals surface area (Å²) in [5.41, 5.74) is 0. The maximum Gasteiger partial charge on any atom is -0.0417 e. The van der Waals surface area contributed by atoms with Crippen molar-refractivity contribution in [3.8, 4) is 0 Å². The molecule has 0 aliphatic heterocycles. The molecule has 0 unspecified atom stereocenters. The highest BCUT2D eigenvalue weighted by Crippen LogP contribution is 2.28. The minimum absolute atomic E-state index is 1.00. The fourth-order valence-electron chi connectivity index (χ4n) is 1.50. The van der Waals surface area contributed by atoms with Gasteiger partial charge in [-0.2, -0.15) is 0 Å². The Hall–Kier alpha value is 0. The van der Waals surface area contributed by atoms with Crippen molar-refractivity contribution in [2.45, 2.75) is 53.4 Å². The van der Waals surface area contributed by atoms with Gasteiger partial charge in [-0.15, -0.1) is 0 Å². The van der Waals surface area contributed by atoms with E-state index in [1.807, 2.05) is 13.8 Å². The molecule has 0 aromatic heterocycles. The molecule has 10 heavy (non-hydrogen) atoms. The van der Waals surface area contributed by atoms with Crippen molar-refractivity contribution in [2.24, 2.45) is 11.8 Å². The summed E-state index contributed by atoms with van der Waals surface area (Å²) in [4.78, 5) is 0. The molecule has 1 fully saturated rings. The Morgan fingerprint density at radius 3 is 1.30 bits per heavy atom. The minimum atomic E-state index is 1.00. The molecule has 0 amide bonds. The summed E-state index contributed by atoms with van der Waals surface area (Å²) in [6.45, 7) is 8.76. The lowest BCUT2D eigenvalue weighted by Gasteiger charge is -2.24. The predicted octanol–water partition coefficient (Wildman–Crippen LogP) is 3.86. The van der Waals surface area contributed by atoms with Crippen LogP contribution in [-0.4, -0.2) is 0 Å². The molecule has 0 N–H and O–H groups in total. The average molecular weight is 142 g/mol. The van der Waals surface area contributed by atoms with Crippen LogP contribution in [0.5, 0.6) is 0 Å². The zero-order chi connectivity index (χ0) is 7.98. The van der Waals surface area contributed by atoms with Crippen molar-refractivity contribution in [1.82, 2.24) is 0 Å². The molecule has 0 radical (unpaired) electrons. The van der Waals surface area contributed by atoms with Gasteiger partial charge in [0.15, 0.2) is 0 Å². The normalized spacial score (nSPS) is 32.4. The second kappa shape index (κ2) is 5.76. The summed E-state index contributed by atoms with van der Waals surface area (Å²) >= 11 is 0. The second-order valence-electron chi connectivity index (χ2n) is 3.24. The molecule has 0 nitrogen and oxygen atoms in total. The molecule has 0 aromatic rings. The third-order valence-electron chi connectivity index (χ3n) is 2.54. The molecule has 0 aromatic carbocycles. The number of hydrogen-bond donors (Lipinski definition) is 0. The van der Waals surface area contributed by atoms with E-state index < -0.39 is 0 Å². The SMILES string of the molecule is CC.C[C@H]1CCCC[C@@H]1C. The summed E-state index contributed by atoms with van der Waals surface area (Å²) in [6.07, 6.45) is 5.90. The fraction of sp³-hybridized carbons (Fsp3) is 1.00. The molecule has 0 heterocycles. The first-order valence-electron chi connectivity index (χ1n) is 4.80. The van der Waals surface area contributed by atoms with Gasteiger partial charge in [-0.25, -0.2) is 0 Å². The van der Waals surface area contributed by atoms with Crippen molar-refractivity contribution in [2.75, 3.05) is 0 Å². The third-order valence-corrected chi connectivity index (χ3v) is 2.54. The Kier molecular flexibility index (Phi) is 5.76. The molecule has 1 saturated carbocycles. The first-order valence-corrected chi connectivity index (χ1v) is 4.80. The Morgan fingerprint density at radius 1 is 0.800 bits per heavy atom. The minimum Gasteiger partial charge on any atom is -0.0683 e. The second-order valence-corrected chi connectivity index (χ2v) is 3.24. The number of hydrogen-bond acceptors (Lipinski definition) is 0. The largest absolute Gasteiger partial charge is 0.0683 e. The molecule has 1 aliphatic rings. The maximum absolute atomic E-state index is 2.38. The summed E-state index contributed by atoms with van der Waals surface area (Å²) < 4.78 is 0. The van der Waals surface area contributed by atoms with E-state index in [0.29, 0.717) is 0 Å². The van der Waals surface area contributed by atoms with Crippen LogP contribution in [0.1, 0.15) is 53.4 Å². The molecule has 0 bridgehead atoms. The maximum atomic E-state index is 2.38. The van der Waals surface area contributed by atoms with Crippen LogP contribution in [-0.2, 0) is 0 Å². The van der Waals surface area contributed by atoms with E-state index in [1.54, 1.807) is 0 Å². The molecule has 0 saturated heterocycles. The van der Waals surface area contributed by atoms with Crippen LogP contribution < -0.4 is 0 Å². The summed E-state index contributed by atoms with van der Waals surface area (Å²) in [5.74, 6) is 2.01. The van der Waals surface area contributed by atoms with Crippen LogP contribution >= 0.6 is 0 Å². The van der Waals surface area contributed by atoms with Gasteiger partial charge in [0.25, 0.3) is 0 Å². The fourth-order valence-corrected chi connectivity index (χ4v) is 1.50. The van der Waals surface area contributed by atoms with E-state index in [-0.39, 0.29) is 0 Å². The van der Waals surface area contributed by atoms with Gasteiger partial charge in [0.2, 0.25) is 0 Å². The van der Waals surface area contributed by atoms with Crippen LogP contribution in [0.15, 0.2) is 0 Å². The highest BCUT2D eigenvalue weighted by Gasteiger charge is 2.15. The molecule has 62 valence electrons. The Morgan fingerprint density at radius 2 is 1.10 bits per heavy atom. The molecule has 2 atom stereocenters. The van der Waals surface area contributed by atoms with Crippen LogP contribution in [0, 0.1) is 11.8 Å². The van der Waals surface area contributed by atoms with E-state index >= 15 is 0 Å². The Balaban J connectivity index is 0.000000371. The first-order chi connectivity index (χ1) is 4.80. The predicted molar refractivity (Wildman–Crippen MR) is 48.1 cm³/mol. The van der Waals surface area contributed by atoms with Gasteiger partial charge < -0.3 is 0 Å². The molecule has 1 aliphatic carbocycles. The van der Waals surface area contributed by atoms with Crippen molar-refractivity contribution < 1.29 is 0 Å². The monoisotopic (exact) mass is 142 g/mol. The van der Waals surface area contributed by atoms with E-state index in [1.165, 1.54) is 25.7 Å². The highest BCUT2D eigenvalue weighted by atomic mass is 14.2. The highest BCUT2D eigenvalue weighted by molar-refractivity contribution is 4.67. The van der Waals surface area contributed by atoms with E-state index in [9.17, 15) is 0 Å². The lowest BCUT2D eigenvalue weighted by Crippen LogP contribution is -2.12. The van der Waals surface area contributed by atoms with E-state index in [4.69, 9.17) is 0 Å². The smallest absolute Gasteiger partial charge is 0.0417 e. The summed E-state index contributed by atoms with van der Waals surface area (Å²) in [6, 6.07) is 0. The van der Waals surface area contributed by atoms with Crippen molar-refractivity contribution >= 4 is 0 Å². The lowest BCUT2D eigenvalue weighted by atomic mass is 9.82. The Bertz CT molecular complexity index is 56.4. The topological polar surface area (TPSA) is 0 Å². The van der Waals surface area contributed by atoms with Crippen molar-refractivity contribution in [3.05, 3.63) is 0 Å². The van der Waals surface area contributed by atoms with Crippen molar-refractivity contribution in [1.29, 1.82) is 0 Å². The zero-order valence-electron chi connectivity index (χ0n) is 7.98. The average Bonchev–Trinajstić information content (AvgIpc) is 2.00. The van der Waals surface area contributed by atoms with Crippen molar-refractivity contribution in [3.63, 3.8) is 0 Å². The van der Waals surface area contributed by atoms with Crippen LogP contribution in [0.25, 0.3) is 0 Å². The molecule has 0 heteroatoms. The van der Waals surface area contributed by atoms with Gasteiger partial charge in [-0.1, -0.05) is 53.4 Å². The van der Waals surface area contributed by atoms with Gasteiger partial charge in [-0.3, -0.25) is 0 Å². The number of rotatable bonds is 0.